The Morgan fingerprint density at radius 2 is 2.12 bits per heavy atom. The lowest BCUT2D eigenvalue weighted by Crippen LogP contribution is -2.42. The first-order chi connectivity index (χ1) is 7.90. The highest BCUT2D eigenvalue weighted by Gasteiger charge is 2.21. The Labute approximate surface area is 98.4 Å². The summed E-state index contributed by atoms with van der Waals surface area (Å²) < 4.78 is 9.86. The van der Waals surface area contributed by atoms with Gasteiger partial charge in [0.2, 0.25) is 0 Å². The standard InChI is InChI=1S/C8H18N4O5/c1-4(11-8(15)12-7(9)10)17-6(16-2)5(14)3-13/h4-6,13-14H,3H2,1-2H3,(H5,9,10,11,12,15). The van der Waals surface area contributed by atoms with Crippen molar-refractivity contribution in [3.8, 4) is 0 Å². The van der Waals surface area contributed by atoms with Crippen molar-refractivity contribution in [1.82, 2.24) is 5.32 Å². The number of nitrogens with one attached hydrogen (secondary N) is 1. The summed E-state index contributed by atoms with van der Waals surface area (Å²) in [6.45, 7) is 0.948. The van der Waals surface area contributed by atoms with Crippen LogP contribution in [-0.2, 0) is 9.47 Å². The molecule has 0 saturated heterocycles. The average Bonchev–Trinajstić information content (AvgIpc) is 2.23. The van der Waals surface area contributed by atoms with Gasteiger partial charge >= 0.3 is 6.03 Å². The maximum absolute atomic E-state index is 11.1. The number of rotatable bonds is 6. The highest BCUT2D eigenvalue weighted by Crippen LogP contribution is 2.03. The van der Waals surface area contributed by atoms with Gasteiger partial charge in [-0.15, -0.1) is 0 Å². The summed E-state index contributed by atoms with van der Waals surface area (Å²) >= 11 is 0. The normalized spacial score (nSPS) is 15.8. The number of aliphatic hydroxyl groups excluding tert-OH is 2. The van der Waals surface area contributed by atoms with E-state index in [0.29, 0.717) is 0 Å². The van der Waals surface area contributed by atoms with Gasteiger partial charge in [0.15, 0.2) is 12.2 Å². The van der Waals surface area contributed by atoms with Crippen LogP contribution in [0.4, 0.5) is 4.79 Å². The van der Waals surface area contributed by atoms with Gasteiger partial charge < -0.3 is 36.5 Å². The average molecular weight is 250 g/mol. The van der Waals surface area contributed by atoms with Crippen LogP contribution in [-0.4, -0.2) is 54.5 Å². The molecule has 9 nitrogen and oxygen atoms in total. The van der Waals surface area contributed by atoms with E-state index in [0.717, 1.165) is 0 Å². The van der Waals surface area contributed by atoms with Gasteiger partial charge in [0.25, 0.3) is 0 Å². The Balaban J connectivity index is 4.19. The number of guanidine groups is 1. The third-order valence-electron chi connectivity index (χ3n) is 1.63. The third-order valence-corrected chi connectivity index (χ3v) is 1.63. The Bertz CT molecular complexity index is 269. The number of aliphatic imine (C=N–C) groups is 1. The highest BCUT2D eigenvalue weighted by molar-refractivity contribution is 5.90. The van der Waals surface area contributed by atoms with Gasteiger partial charge in [0, 0.05) is 7.11 Å². The molecule has 3 unspecified atom stereocenters. The van der Waals surface area contributed by atoms with E-state index in [1.165, 1.54) is 14.0 Å². The molecule has 3 atom stereocenters. The van der Waals surface area contributed by atoms with Gasteiger partial charge in [-0.25, -0.2) is 4.79 Å². The monoisotopic (exact) mass is 250 g/mol. The predicted octanol–water partition coefficient (Wildman–Crippen LogP) is -2.34. The number of hydrogen-bond acceptors (Lipinski definition) is 5. The second kappa shape index (κ2) is 7.79. The number of amides is 2. The van der Waals surface area contributed by atoms with Gasteiger partial charge in [-0.3, -0.25) is 0 Å². The molecule has 9 heteroatoms. The molecule has 0 aromatic rings. The topological polar surface area (TPSA) is 152 Å². The Kier molecular flexibility index (Phi) is 7.14. The zero-order chi connectivity index (χ0) is 13.4. The Hall–Kier alpha value is -1.42. The number of ether oxygens (including phenoxy) is 2. The summed E-state index contributed by atoms with van der Waals surface area (Å²) in [5.74, 6) is -0.381. The summed E-state index contributed by atoms with van der Waals surface area (Å²) in [4.78, 5) is 14.3. The minimum Gasteiger partial charge on any atom is -0.393 e. The van der Waals surface area contributed by atoms with Crippen LogP contribution in [0.3, 0.4) is 0 Å². The summed E-state index contributed by atoms with van der Waals surface area (Å²) in [5.41, 5.74) is 9.99. The molecule has 0 aromatic carbocycles. The molecule has 100 valence electrons. The van der Waals surface area contributed by atoms with E-state index in [4.69, 9.17) is 26.0 Å². The van der Waals surface area contributed by atoms with E-state index >= 15 is 0 Å². The maximum Gasteiger partial charge on any atom is 0.346 e. The smallest absolute Gasteiger partial charge is 0.346 e. The second-order valence-electron chi connectivity index (χ2n) is 3.12. The highest BCUT2D eigenvalue weighted by atomic mass is 16.7. The van der Waals surface area contributed by atoms with E-state index in [-0.39, 0.29) is 5.96 Å². The van der Waals surface area contributed by atoms with E-state index in [9.17, 15) is 9.90 Å². The zero-order valence-electron chi connectivity index (χ0n) is 9.66. The van der Waals surface area contributed by atoms with Crippen molar-refractivity contribution in [2.24, 2.45) is 16.5 Å². The van der Waals surface area contributed by atoms with Crippen molar-refractivity contribution in [3.63, 3.8) is 0 Å². The number of carbonyl (C=O) groups is 1. The largest absolute Gasteiger partial charge is 0.393 e. The third kappa shape index (κ3) is 6.68. The zero-order valence-corrected chi connectivity index (χ0v) is 9.66. The molecule has 0 bridgehead atoms. The fourth-order valence-corrected chi connectivity index (χ4v) is 0.948. The minimum atomic E-state index is -1.22. The Morgan fingerprint density at radius 1 is 1.53 bits per heavy atom. The number of nitrogens with zero attached hydrogens (tertiary/aromatic N) is 1. The number of carbonyl (C=O) groups excluding carboxylic acids is 1. The molecule has 0 fully saturated rings. The molecule has 0 radical (unpaired) electrons. The molecule has 0 rings (SSSR count). The molecular weight excluding hydrogens is 232 g/mol. The van der Waals surface area contributed by atoms with Crippen molar-refractivity contribution in [3.05, 3.63) is 0 Å². The van der Waals surface area contributed by atoms with E-state index in [2.05, 4.69) is 10.3 Å². The van der Waals surface area contributed by atoms with E-state index < -0.39 is 31.3 Å². The number of nitrogens with two attached hydrogens (primary N) is 2. The van der Waals surface area contributed by atoms with Crippen LogP contribution in [0.15, 0.2) is 4.99 Å². The van der Waals surface area contributed by atoms with E-state index in [1.807, 2.05) is 0 Å². The van der Waals surface area contributed by atoms with Crippen molar-refractivity contribution in [1.29, 1.82) is 0 Å². The molecule has 7 N–H and O–H groups in total. The van der Waals surface area contributed by atoms with Gasteiger partial charge in [-0.05, 0) is 6.92 Å². The van der Waals surface area contributed by atoms with Crippen LogP contribution < -0.4 is 16.8 Å². The molecule has 0 heterocycles. The number of urea groups is 1. The van der Waals surface area contributed by atoms with Crippen LogP contribution in [0.5, 0.6) is 0 Å². The first kappa shape index (κ1) is 15.6. The molecule has 0 aromatic heterocycles. The molecule has 0 saturated carbocycles. The van der Waals surface area contributed by atoms with E-state index in [1.54, 1.807) is 0 Å². The Morgan fingerprint density at radius 3 is 2.53 bits per heavy atom. The molecule has 0 aliphatic heterocycles. The number of hydrogen-bond donors (Lipinski definition) is 5. The second-order valence-corrected chi connectivity index (χ2v) is 3.12. The lowest BCUT2D eigenvalue weighted by molar-refractivity contribution is -0.209. The molecular formula is C8H18N4O5. The summed E-state index contributed by atoms with van der Waals surface area (Å²) in [5, 5.41) is 20.2. The minimum absolute atomic E-state index is 0.381. The van der Waals surface area contributed by atoms with Gasteiger partial charge in [0.1, 0.15) is 12.3 Å². The van der Waals surface area contributed by atoms with Crippen LogP contribution in [0.25, 0.3) is 0 Å². The summed E-state index contributed by atoms with van der Waals surface area (Å²) in [6.07, 6.45) is -3.10. The van der Waals surface area contributed by atoms with Crippen molar-refractivity contribution in [2.45, 2.75) is 25.5 Å². The van der Waals surface area contributed by atoms with Crippen molar-refractivity contribution in [2.75, 3.05) is 13.7 Å². The number of aliphatic hydroxyl groups is 2. The quantitative estimate of drug-likeness (QED) is 0.201. The molecule has 17 heavy (non-hydrogen) atoms. The fraction of sp³-hybridized carbons (Fsp3) is 0.750. The summed E-state index contributed by atoms with van der Waals surface area (Å²) in [7, 11) is 1.29. The van der Waals surface area contributed by atoms with Gasteiger partial charge in [-0.2, -0.15) is 4.99 Å². The molecule has 0 aliphatic rings. The lowest BCUT2D eigenvalue weighted by atomic mass is 10.3. The maximum atomic E-state index is 11.1. The SMILES string of the molecule is COC(OC(C)NC(=O)N=C(N)N)C(O)CO. The summed E-state index contributed by atoms with van der Waals surface area (Å²) in [6, 6.07) is -0.786. The molecule has 2 amide bonds. The van der Waals surface area contributed by atoms with Crippen LogP contribution in [0, 0.1) is 0 Å². The number of methoxy groups -OCH3 is 1. The molecule has 0 spiro atoms. The molecule has 0 aliphatic carbocycles. The fourth-order valence-electron chi connectivity index (χ4n) is 0.948. The van der Waals surface area contributed by atoms with Crippen molar-refractivity contribution >= 4 is 12.0 Å². The first-order valence-corrected chi connectivity index (χ1v) is 4.78. The van der Waals surface area contributed by atoms with Gasteiger partial charge in [-0.1, -0.05) is 0 Å². The van der Waals surface area contributed by atoms with Crippen molar-refractivity contribution < 1.29 is 24.5 Å². The predicted molar refractivity (Wildman–Crippen MR) is 58.8 cm³/mol. The van der Waals surface area contributed by atoms with Crippen LogP contribution >= 0.6 is 0 Å². The van der Waals surface area contributed by atoms with Gasteiger partial charge in [0.05, 0.1) is 6.61 Å². The van der Waals surface area contributed by atoms with Crippen LogP contribution in [0.2, 0.25) is 0 Å². The first-order valence-electron chi connectivity index (χ1n) is 4.78. The lowest BCUT2D eigenvalue weighted by Gasteiger charge is -2.24. The van der Waals surface area contributed by atoms with Crippen LogP contribution in [0.1, 0.15) is 6.92 Å².